The highest BCUT2D eigenvalue weighted by atomic mass is 32.1. The van der Waals surface area contributed by atoms with Gasteiger partial charge in [-0.3, -0.25) is 4.90 Å². The lowest BCUT2D eigenvalue weighted by Crippen LogP contribution is -2.52. The fraction of sp³-hybridized carbons (Fsp3) is 0.778. The Balaban J connectivity index is 1.68. The fourth-order valence-electron chi connectivity index (χ4n) is 2.41. The third-order valence-corrected chi connectivity index (χ3v) is 3.67. The number of hydrogen-bond donors (Lipinski definition) is 0. The van der Waals surface area contributed by atoms with E-state index in [1.807, 2.05) is 0 Å². The minimum absolute atomic E-state index is 0.349. The molecule has 0 radical (unpaired) electrons. The van der Waals surface area contributed by atoms with Crippen LogP contribution in [0.4, 0.5) is 0 Å². The van der Waals surface area contributed by atoms with Crippen molar-refractivity contribution in [2.75, 3.05) is 19.6 Å². The van der Waals surface area contributed by atoms with Crippen molar-refractivity contribution < 1.29 is 4.74 Å². The van der Waals surface area contributed by atoms with Gasteiger partial charge in [-0.15, -0.1) is 4.37 Å². The van der Waals surface area contributed by atoms with E-state index < -0.39 is 0 Å². The van der Waals surface area contributed by atoms with Crippen LogP contribution in [-0.2, 0) is 0 Å². The fourth-order valence-corrected chi connectivity index (χ4v) is 2.76. The van der Waals surface area contributed by atoms with Gasteiger partial charge in [0, 0.05) is 6.54 Å². The predicted molar refractivity (Wildman–Crippen MR) is 53.5 cm³/mol. The first-order chi connectivity index (χ1) is 6.92. The molecule has 0 aromatic carbocycles. The van der Waals surface area contributed by atoms with E-state index in [1.165, 1.54) is 37.7 Å². The normalized spacial score (nSPS) is 35.9. The maximum atomic E-state index is 5.82. The zero-order chi connectivity index (χ0) is 9.38. The van der Waals surface area contributed by atoms with Gasteiger partial charge in [0.15, 0.2) is 0 Å². The summed E-state index contributed by atoms with van der Waals surface area (Å²) < 4.78 is 13.8. The molecule has 1 aromatic rings. The van der Waals surface area contributed by atoms with Gasteiger partial charge in [0.2, 0.25) is 5.88 Å². The second-order valence-electron chi connectivity index (χ2n) is 4.04. The van der Waals surface area contributed by atoms with E-state index in [-0.39, 0.29) is 0 Å². The quantitative estimate of drug-likeness (QED) is 0.732. The summed E-state index contributed by atoms with van der Waals surface area (Å²) in [6.07, 6.45) is 4.62. The number of fused-ring (bicyclic) bond motifs is 3. The van der Waals surface area contributed by atoms with Crippen molar-refractivity contribution in [3.8, 4) is 5.88 Å². The van der Waals surface area contributed by atoms with Gasteiger partial charge in [-0.1, -0.05) is 0 Å². The van der Waals surface area contributed by atoms with E-state index in [2.05, 4.69) is 13.6 Å². The smallest absolute Gasteiger partial charge is 0.246 e. The summed E-state index contributed by atoms with van der Waals surface area (Å²) in [5, 5.41) is 0. The maximum Gasteiger partial charge on any atom is 0.246 e. The third kappa shape index (κ3) is 1.50. The molecular formula is C9H13N3OS. The second kappa shape index (κ2) is 3.47. The van der Waals surface area contributed by atoms with Crippen molar-refractivity contribution in [1.82, 2.24) is 13.6 Å². The van der Waals surface area contributed by atoms with Crippen molar-refractivity contribution in [1.29, 1.82) is 0 Å². The van der Waals surface area contributed by atoms with Gasteiger partial charge in [-0.05, 0) is 31.8 Å². The SMILES string of the molecule is c1nsnc1OC1CN2CCC1CC2. The van der Waals surface area contributed by atoms with Crippen LogP contribution < -0.4 is 4.74 Å². The average Bonchev–Trinajstić information content (AvgIpc) is 2.72. The molecule has 76 valence electrons. The highest BCUT2D eigenvalue weighted by molar-refractivity contribution is 6.99. The molecule has 3 aliphatic rings. The standard InChI is InChI=1S/C9H13N3OS/c1-3-12-4-2-7(1)8(6-12)13-9-5-10-14-11-9/h5,7-8H,1-4,6H2. The Morgan fingerprint density at radius 1 is 1.43 bits per heavy atom. The lowest BCUT2D eigenvalue weighted by Gasteiger charge is -2.43. The molecule has 3 fully saturated rings. The zero-order valence-corrected chi connectivity index (χ0v) is 8.74. The van der Waals surface area contributed by atoms with Gasteiger partial charge >= 0.3 is 0 Å². The Labute approximate surface area is 87.2 Å². The van der Waals surface area contributed by atoms with Crippen molar-refractivity contribution >= 4 is 11.7 Å². The van der Waals surface area contributed by atoms with E-state index in [0.29, 0.717) is 12.0 Å². The van der Waals surface area contributed by atoms with Gasteiger partial charge in [0.05, 0.1) is 11.7 Å². The van der Waals surface area contributed by atoms with E-state index in [1.54, 1.807) is 6.20 Å². The number of hydrogen-bond acceptors (Lipinski definition) is 5. The molecule has 3 aliphatic heterocycles. The summed E-state index contributed by atoms with van der Waals surface area (Å²) in [6.45, 7) is 3.57. The van der Waals surface area contributed by atoms with Crippen molar-refractivity contribution in [3.63, 3.8) is 0 Å². The van der Waals surface area contributed by atoms with Gasteiger partial charge in [0.25, 0.3) is 0 Å². The Bertz CT molecular complexity index is 295. The molecule has 0 aliphatic carbocycles. The second-order valence-corrected chi connectivity index (χ2v) is 4.60. The number of nitrogens with zero attached hydrogens (tertiary/aromatic N) is 3. The average molecular weight is 211 g/mol. The third-order valence-electron chi connectivity index (χ3n) is 3.21. The maximum absolute atomic E-state index is 5.82. The molecule has 0 N–H and O–H groups in total. The van der Waals surface area contributed by atoms with Crippen molar-refractivity contribution in [2.45, 2.75) is 18.9 Å². The predicted octanol–water partition coefficient (Wildman–Crippen LogP) is 1.01. The van der Waals surface area contributed by atoms with Crippen LogP contribution in [0.25, 0.3) is 0 Å². The molecule has 1 atom stereocenters. The highest BCUT2D eigenvalue weighted by Gasteiger charge is 2.35. The topological polar surface area (TPSA) is 38.3 Å². The lowest BCUT2D eigenvalue weighted by molar-refractivity contribution is -0.00955. The monoisotopic (exact) mass is 211 g/mol. The van der Waals surface area contributed by atoms with E-state index in [9.17, 15) is 0 Å². The number of piperidine rings is 3. The number of ether oxygens (including phenoxy) is 1. The molecule has 2 bridgehead atoms. The first-order valence-electron chi connectivity index (χ1n) is 5.08. The molecule has 4 nitrogen and oxygen atoms in total. The van der Waals surface area contributed by atoms with Crippen LogP contribution >= 0.6 is 11.7 Å². The van der Waals surface area contributed by atoms with E-state index in [4.69, 9.17) is 4.74 Å². The molecule has 0 amide bonds. The zero-order valence-electron chi connectivity index (χ0n) is 7.93. The molecule has 0 saturated carbocycles. The Morgan fingerprint density at radius 2 is 2.29 bits per heavy atom. The highest BCUT2D eigenvalue weighted by Crippen LogP contribution is 2.30. The summed E-state index contributed by atoms with van der Waals surface area (Å²) in [5.41, 5.74) is 0. The van der Waals surface area contributed by atoms with Crippen molar-refractivity contribution in [3.05, 3.63) is 6.20 Å². The molecule has 14 heavy (non-hydrogen) atoms. The van der Waals surface area contributed by atoms with Crippen LogP contribution in [0.1, 0.15) is 12.8 Å². The molecule has 1 unspecified atom stereocenters. The molecule has 4 rings (SSSR count). The molecule has 3 saturated heterocycles. The molecule has 1 aromatic heterocycles. The van der Waals surface area contributed by atoms with Gasteiger partial charge in [-0.25, -0.2) is 0 Å². The molecule has 5 heteroatoms. The Hall–Kier alpha value is -0.680. The minimum Gasteiger partial charge on any atom is -0.471 e. The summed E-state index contributed by atoms with van der Waals surface area (Å²) in [5.74, 6) is 1.44. The molecular weight excluding hydrogens is 198 g/mol. The minimum atomic E-state index is 0.349. The first-order valence-corrected chi connectivity index (χ1v) is 5.81. The van der Waals surface area contributed by atoms with E-state index in [0.717, 1.165) is 12.5 Å². The van der Waals surface area contributed by atoms with Gasteiger partial charge in [0.1, 0.15) is 12.3 Å². The number of aromatic nitrogens is 2. The van der Waals surface area contributed by atoms with Crippen LogP contribution in [0, 0.1) is 5.92 Å². The van der Waals surface area contributed by atoms with Crippen LogP contribution in [0.3, 0.4) is 0 Å². The lowest BCUT2D eigenvalue weighted by atomic mass is 9.86. The van der Waals surface area contributed by atoms with E-state index >= 15 is 0 Å². The summed E-state index contributed by atoms with van der Waals surface area (Å²) in [4.78, 5) is 2.48. The summed E-state index contributed by atoms with van der Waals surface area (Å²) >= 11 is 1.21. The molecule has 4 heterocycles. The van der Waals surface area contributed by atoms with Crippen molar-refractivity contribution in [2.24, 2.45) is 5.92 Å². The summed E-state index contributed by atoms with van der Waals surface area (Å²) in [6, 6.07) is 0. The first kappa shape index (κ1) is 8.61. The number of rotatable bonds is 2. The van der Waals surface area contributed by atoms with Crippen LogP contribution in [-0.4, -0.2) is 39.4 Å². The Kier molecular flexibility index (Phi) is 2.14. The van der Waals surface area contributed by atoms with Gasteiger partial charge < -0.3 is 4.74 Å². The van der Waals surface area contributed by atoms with Crippen LogP contribution in [0.15, 0.2) is 6.20 Å². The molecule has 0 spiro atoms. The van der Waals surface area contributed by atoms with Gasteiger partial charge in [-0.2, -0.15) is 4.37 Å². The largest absolute Gasteiger partial charge is 0.471 e. The summed E-state index contributed by atoms with van der Waals surface area (Å²) in [7, 11) is 0. The van der Waals surface area contributed by atoms with Crippen LogP contribution in [0.5, 0.6) is 5.88 Å². The Morgan fingerprint density at radius 3 is 2.86 bits per heavy atom. The van der Waals surface area contributed by atoms with Crippen LogP contribution in [0.2, 0.25) is 0 Å².